The molecule has 27 heavy (non-hydrogen) atoms. The van der Waals surface area contributed by atoms with Gasteiger partial charge in [-0.2, -0.15) is 0 Å². The van der Waals surface area contributed by atoms with Crippen LogP contribution in [0, 0.1) is 11.8 Å². The summed E-state index contributed by atoms with van der Waals surface area (Å²) in [6, 6.07) is 20.0. The number of aryl methyl sites for hydroxylation is 1. The Balaban J connectivity index is 1.54. The van der Waals surface area contributed by atoms with Crippen LogP contribution in [0.4, 0.5) is 11.4 Å². The van der Waals surface area contributed by atoms with Crippen molar-refractivity contribution in [3.63, 3.8) is 0 Å². The molecule has 1 aromatic heterocycles. The van der Waals surface area contributed by atoms with Crippen molar-refractivity contribution in [2.24, 2.45) is 5.18 Å². The summed E-state index contributed by atoms with van der Waals surface area (Å²) in [7, 11) is 0. The van der Waals surface area contributed by atoms with E-state index in [1.807, 2.05) is 30.3 Å². The zero-order valence-electron chi connectivity index (χ0n) is 14.5. The minimum atomic E-state index is -0.288. The lowest BCUT2D eigenvalue weighted by atomic mass is 10.1. The molecule has 1 heterocycles. The van der Waals surface area contributed by atoms with Crippen LogP contribution in [0.25, 0.3) is 20.8 Å². The summed E-state index contributed by atoms with van der Waals surface area (Å²) in [6.45, 7) is 2.07. The molecule has 0 aliphatic rings. The molecule has 0 saturated heterocycles. The third kappa shape index (κ3) is 3.61. The number of amides is 1. The number of aromatic nitrogens is 1. The van der Waals surface area contributed by atoms with Crippen LogP contribution in [-0.4, -0.2) is 10.9 Å². The molecule has 132 valence electrons. The van der Waals surface area contributed by atoms with E-state index in [1.165, 1.54) is 11.6 Å². The van der Waals surface area contributed by atoms with E-state index < -0.39 is 0 Å². The maximum atomic E-state index is 12.3. The van der Waals surface area contributed by atoms with Crippen molar-refractivity contribution < 1.29 is 4.79 Å². The van der Waals surface area contributed by atoms with E-state index in [0.717, 1.165) is 20.8 Å². The van der Waals surface area contributed by atoms with E-state index in [0.29, 0.717) is 11.3 Å². The topological polar surface area (TPSA) is 71.4 Å². The van der Waals surface area contributed by atoms with E-state index >= 15 is 0 Å². The molecule has 0 aliphatic heterocycles. The molecule has 0 saturated carbocycles. The number of nitroso groups, excluding NO2 is 1. The maximum absolute atomic E-state index is 12.3. The number of benzene rings is 3. The van der Waals surface area contributed by atoms with Crippen molar-refractivity contribution in [3.05, 3.63) is 82.8 Å². The highest BCUT2D eigenvalue weighted by molar-refractivity contribution is 7.21. The molecule has 0 bridgehead atoms. The smallest absolute Gasteiger partial charge is 0.255 e. The quantitative estimate of drug-likeness (QED) is 0.451. The summed E-state index contributed by atoms with van der Waals surface area (Å²) >= 11 is 1.65. The van der Waals surface area contributed by atoms with Crippen LogP contribution in [0.2, 0.25) is 0 Å². The van der Waals surface area contributed by atoms with Crippen LogP contribution in [0.5, 0.6) is 0 Å². The molecule has 3 aromatic carbocycles. The molecule has 0 radical (unpaired) electrons. The molecule has 4 rings (SSSR count). The van der Waals surface area contributed by atoms with E-state index in [4.69, 9.17) is 0 Å². The average molecular weight is 373 g/mol. The fraction of sp³-hybridized carbons (Fsp3) is 0.0476. The third-order valence-electron chi connectivity index (χ3n) is 4.15. The molecule has 0 aliphatic carbocycles. The standard InChI is InChI=1S/C21H15N3O2S/c1-13-5-10-18-19(11-13)27-21(23-18)14-6-8-16(9-7-14)22-20(25)15-3-2-4-17(12-15)24-26/h2-12H,1H3,(H,22,25). The Kier molecular flexibility index (Phi) is 4.48. The fourth-order valence-electron chi connectivity index (χ4n) is 2.76. The van der Waals surface area contributed by atoms with Gasteiger partial charge in [0.15, 0.2) is 0 Å². The van der Waals surface area contributed by atoms with Gasteiger partial charge in [-0.05, 0) is 72.3 Å². The number of rotatable bonds is 4. The maximum Gasteiger partial charge on any atom is 0.255 e. The normalized spacial score (nSPS) is 10.7. The van der Waals surface area contributed by atoms with Gasteiger partial charge >= 0.3 is 0 Å². The first kappa shape index (κ1) is 17.1. The molecule has 0 unspecified atom stereocenters. The Labute approximate surface area is 159 Å². The Bertz CT molecular complexity index is 1150. The van der Waals surface area contributed by atoms with Gasteiger partial charge in [0.05, 0.1) is 10.2 Å². The fourth-order valence-corrected chi connectivity index (χ4v) is 3.83. The summed E-state index contributed by atoms with van der Waals surface area (Å²) in [6.07, 6.45) is 0. The van der Waals surface area contributed by atoms with Crippen molar-refractivity contribution >= 4 is 38.8 Å². The first-order chi connectivity index (χ1) is 13.1. The highest BCUT2D eigenvalue weighted by Crippen LogP contribution is 2.31. The summed E-state index contributed by atoms with van der Waals surface area (Å²) in [5.41, 5.74) is 4.48. The van der Waals surface area contributed by atoms with Crippen LogP contribution < -0.4 is 5.32 Å². The summed E-state index contributed by atoms with van der Waals surface area (Å²) in [5, 5.41) is 6.62. The van der Waals surface area contributed by atoms with Gasteiger partial charge in [-0.3, -0.25) is 4.79 Å². The Morgan fingerprint density at radius 3 is 2.63 bits per heavy atom. The van der Waals surface area contributed by atoms with Gasteiger partial charge in [0.2, 0.25) is 0 Å². The van der Waals surface area contributed by atoms with Crippen molar-refractivity contribution in [3.8, 4) is 10.6 Å². The number of hydrogen-bond acceptors (Lipinski definition) is 5. The van der Waals surface area contributed by atoms with Gasteiger partial charge in [-0.25, -0.2) is 4.98 Å². The van der Waals surface area contributed by atoms with Gasteiger partial charge in [-0.15, -0.1) is 16.2 Å². The van der Waals surface area contributed by atoms with Gasteiger partial charge in [0.25, 0.3) is 5.91 Å². The number of hydrogen-bond donors (Lipinski definition) is 1. The molecule has 1 amide bonds. The van der Waals surface area contributed by atoms with E-state index in [2.05, 4.69) is 34.5 Å². The van der Waals surface area contributed by atoms with Crippen molar-refractivity contribution in [2.75, 3.05) is 5.32 Å². The number of nitrogens with one attached hydrogen (secondary N) is 1. The van der Waals surface area contributed by atoms with Gasteiger partial charge in [-0.1, -0.05) is 12.1 Å². The van der Waals surface area contributed by atoms with Gasteiger partial charge in [0.1, 0.15) is 10.7 Å². The first-order valence-corrected chi connectivity index (χ1v) is 9.16. The lowest BCUT2D eigenvalue weighted by Crippen LogP contribution is -2.11. The number of nitrogens with zero attached hydrogens (tertiary/aromatic N) is 2. The monoisotopic (exact) mass is 373 g/mol. The third-order valence-corrected chi connectivity index (χ3v) is 5.21. The number of fused-ring (bicyclic) bond motifs is 1. The predicted molar refractivity (Wildman–Crippen MR) is 110 cm³/mol. The average Bonchev–Trinajstić information content (AvgIpc) is 3.11. The lowest BCUT2D eigenvalue weighted by Gasteiger charge is -2.06. The highest BCUT2D eigenvalue weighted by atomic mass is 32.1. The second-order valence-corrected chi connectivity index (χ2v) is 7.19. The summed E-state index contributed by atoms with van der Waals surface area (Å²) in [4.78, 5) is 27.6. The summed E-state index contributed by atoms with van der Waals surface area (Å²) < 4.78 is 1.16. The highest BCUT2D eigenvalue weighted by Gasteiger charge is 2.09. The molecular formula is C21H15N3O2S. The van der Waals surface area contributed by atoms with Crippen molar-refractivity contribution in [2.45, 2.75) is 6.92 Å². The largest absolute Gasteiger partial charge is 0.322 e. The van der Waals surface area contributed by atoms with Crippen LogP contribution in [0.15, 0.2) is 71.9 Å². The van der Waals surface area contributed by atoms with Crippen LogP contribution in [-0.2, 0) is 0 Å². The molecular weight excluding hydrogens is 358 g/mol. The molecule has 5 nitrogen and oxygen atoms in total. The minimum Gasteiger partial charge on any atom is -0.322 e. The Hall–Kier alpha value is -3.38. The Morgan fingerprint density at radius 2 is 1.85 bits per heavy atom. The lowest BCUT2D eigenvalue weighted by molar-refractivity contribution is 0.102. The van der Waals surface area contributed by atoms with Gasteiger partial charge in [0, 0.05) is 16.8 Å². The minimum absolute atomic E-state index is 0.226. The van der Waals surface area contributed by atoms with E-state index in [9.17, 15) is 9.70 Å². The van der Waals surface area contributed by atoms with Gasteiger partial charge < -0.3 is 5.32 Å². The van der Waals surface area contributed by atoms with E-state index in [1.54, 1.807) is 29.5 Å². The second-order valence-electron chi connectivity index (χ2n) is 6.16. The number of anilines is 1. The van der Waals surface area contributed by atoms with Crippen LogP contribution >= 0.6 is 11.3 Å². The number of carbonyl (C=O) groups is 1. The molecule has 0 atom stereocenters. The zero-order chi connectivity index (χ0) is 18.8. The molecule has 0 fully saturated rings. The SMILES string of the molecule is Cc1ccc2nc(-c3ccc(NC(=O)c4cccc(N=O)c4)cc3)sc2c1. The Morgan fingerprint density at radius 1 is 1.04 bits per heavy atom. The van der Waals surface area contributed by atoms with Crippen LogP contribution in [0.1, 0.15) is 15.9 Å². The van der Waals surface area contributed by atoms with Crippen molar-refractivity contribution in [1.29, 1.82) is 0 Å². The van der Waals surface area contributed by atoms with E-state index in [-0.39, 0.29) is 11.6 Å². The number of thiazole rings is 1. The zero-order valence-corrected chi connectivity index (χ0v) is 15.3. The summed E-state index contributed by atoms with van der Waals surface area (Å²) in [5.74, 6) is -0.288. The number of carbonyl (C=O) groups excluding carboxylic acids is 1. The predicted octanol–water partition coefficient (Wildman–Crippen LogP) is 5.92. The molecule has 6 heteroatoms. The van der Waals surface area contributed by atoms with Crippen LogP contribution in [0.3, 0.4) is 0 Å². The van der Waals surface area contributed by atoms with Crippen molar-refractivity contribution in [1.82, 2.24) is 4.98 Å². The molecule has 1 N–H and O–H groups in total. The molecule has 0 spiro atoms. The second kappa shape index (κ2) is 7.09. The molecule has 4 aromatic rings. The first-order valence-electron chi connectivity index (χ1n) is 8.35.